The molecule has 0 amide bonds. The van der Waals surface area contributed by atoms with E-state index in [-0.39, 0.29) is 5.54 Å². The van der Waals surface area contributed by atoms with E-state index in [2.05, 4.69) is 46.6 Å². The first-order valence-electron chi connectivity index (χ1n) is 6.25. The Morgan fingerprint density at radius 2 is 1.84 bits per heavy atom. The molecule has 0 aliphatic heterocycles. The van der Waals surface area contributed by atoms with Crippen LogP contribution in [0.25, 0.3) is 0 Å². The molecule has 0 bridgehead atoms. The van der Waals surface area contributed by atoms with Gasteiger partial charge in [-0.15, -0.1) is 5.10 Å². The van der Waals surface area contributed by atoms with E-state index in [1.807, 2.05) is 31.2 Å². The summed E-state index contributed by atoms with van der Waals surface area (Å²) in [7, 11) is 0. The monoisotopic (exact) mass is 257 g/mol. The summed E-state index contributed by atoms with van der Waals surface area (Å²) in [5.41, 5.74) is 2.08. The van der Waals surface area contributed by atoms with Crippen LogP contribution in [0.15, 0.2) is 30.5 Å². The van der Waals surface area contributed by atoms with E-state index in [4.69, 9.17) is 0 Å². The van der Waals surface area contributed by atoms with Crippen LogP contribution in [0.5, 0.6) is 0 Å². The minimum Gasteiger partial charge on any atom is -0.348 e. The van der Waals surface area contributed by atoms with Gasteiger partial charge in [0.1, 0.15) is 0 Å². The Labute approximate surface area is 113 Å². The summed E-state index contributed by atoms with van der Waals surface area (Å²) in [6.07, 6.45) is 1.61. The van der Waals surface area contributed by atoms with Gasteiger partial charge in [-0.25, -0.2) is 0 Å². The zero-order valence-electron chi connectivity index (χ0n) is 11.7. The van der Waals surface area contributed by atoms with Gasteiger partial charge in [0, 0.05) is 11.2 Å². The van der Waals surface area contributed by atoms with Gasteiger partial charge in [0.05, 0.1) is 6.20 Å². The highest BCUT2D eigenvalue weighted by atomic mass is 15.3. The molecule has 0 radical (unpaired) electrons. The molecule has 0 aliphatic carbocycles. The van der Waals surface area contributed by atoms with Crippen molar-refractivity contribution in [2.24, 2.45) is 0 Å². The van der Waals surface area contributed by atoms with Crippen LogP contribution in [-0.4, -0.2) is 20.7 Å². The number of anilines is 3. The van der Waals surface area contributed by atoms with Crippen LogP contribution < -0.4 is 10.6 Å². The first-order chi connectivity index (χ1) is 8.94. The Morgan fingerprint density at radius 3 is 2.53 bits per heavy atom. The van der Waals surface area contributed by atoms with Crippen molar-refractivity contribution in [1.29, 1.82) is 0 Å². The molecule has 100 valence electrons. The van der Waals surface area contributed by atoms with Crippen LogP contribution in [0.3, 0.4) is 0 Å². The van der Waals surface area contributed by atoms with Gasteiger partial charge in [-0.2, -0.15) is 10.1 Å². The topological polar surface area (TPSA) is 62.7 Å². The minimum absolute atomic E-state index is 0.0943. The van der Waals surface area contributed by atoms with Gasteiger partial charge in [0.15, 0.2) is 5.82 Å². The quantitative estimate of drug-likeness (QED) is 0.884. The molecule has 0 aliphatic rings. The number of aromatic nitrogens is 3. The zero-order valence-corrected chi connectivity index (χ0v) is 11.7. The minimum atomic E-state index is -0.0943. The molecule has 0 spiro atoms. The molecule has 2 rings (SSSR count). The molecule has 0 saturated carbocycles. The Bertz CT molecular complexity index is 560. The smallest absolute Gasteiger partial charge is 0.245 e. The van der Waals surface area contributed by atoms with Gasteiger partial charge in [0.25, 0.3) is 0 Å². The molecule has 2 aromatic rings. The zero-order chi connectivity index (χ0) is 13.9. The number of hydrogen-bond donors (Lipinski definition) is 2. The van der Waals surface area contributed by atoms with Crippen molar-refractivity contribution in [3.05, 3.63) is 36.0 Å². The predicted molar refractivity (Wildman–Crippen MR) is 77.7 cm³/mol. The molecule has 0 atom stereocenters. The number of nitrogens with one attached hydrogen (secondary N) is 2. The molecule has 0 saturated heterocycles. The summed E-state index contributed by atoms with van der Waals surface area (Å²) in [5.74, 6) is 1.20. The fourth-order valence-corrected chi connectivity index (χ4v) is 1.60. The third-order valence-corrected chi connectivity index (χ3v) is 2.45. The Kier molecular flexibility index (Phi) is 3.64. The fraction of sp³-hybridized carbons (Fsp3) is 0.357. The Balaban J connectivity index is 2.18. The molecule has 0 fully saturated rings. The van der Waals surface area contributed by atoms with Crippen LogP contribution >= 0.6 is 0 Å². The molecule has 1 aromatic carbocycles. The van der Waals surface area contributed by atoms with Crippen molar-refractivity contribution in [3.8, 4) is 0 Å². The van der Waals surface area contributed by atoms with Crippen molar-refractivity contribution in [1.82, 2.24) is 15.2 Å². The Morgan fingerprint density at radius 1 is 1.11 bits per heavy atom. The average molecular weight is 257 g/mol. The molecule has 5 nitrogen and oxygen atoms in total. The highest BCUT2D eigenvalue weighted by Gasteiger charge is 2.12. The maximum Gasteiger partial charge on any atom is 0.245 e. The second-order valence-electron chi connectivity index (χ2n) is 5.48. The average Bonchev–Trinajstić information content (AvgIpc) is 2.30. The van der Waals surface area contributed by atoms with E-state index < -0.39 is 0 Å². The summed E-state index contributed by atoms with van der Waals surface area (Å²) < 4.78 is 0. The number of rotatable bonds is 3. The maximum atomic E-state index is 4.40. The van der Waals surface area contributed by atoms with Gasteiger partial charge >= 0.3 is 0 Å². The molecule has 0 unspecified atom stereocenters. The SMILES string of the molecule is Cc1ccccc1Nc1cnnc(NC(C)(C)C)n1. The third-order valence-electron chi connectivity index (χ3n) is 2.45. The van der Waals surface area contributed by atoms with Crippen LogP contribution in [-0.2, 0) is 0 Å². The number of aryl methyl sites for hydroxylation is 1. The van der Waals surface area contributed by atoms with Gasteiger partial charge in [-0.1, -0.05) is 18.2 Å². The molecule has 1 aromatic heterocycles. The third kappa shape index (κ3) is 3.91. The highest BCUT2D eigenvalue weighted by Crippen LogP contribution is 2.19. The summed E-state index contributed by atoms with van der Waals surface area (Å²) in [6.45, 7) is 8.21. The first kappa shape index (κ1) is 13.3. The van der Waals surface area contributed by atoms with Gasteiger partial charge in [-0.05, 0) is 39.3 Å². The van der Waals surface area contributed by atoms with Gasteiger partial charge in [0.2, 0.25) is 5.95 Å². The van der Waals surface area contributed by atoms with Crippen molar-refractivity contribution in [2.75, 3.05) is 10.6 Å². The summed E-state index contributed by atoms with van der Waals surface area (Å²) in [6, 6.07) is 8.04. The predicted octanol–water partition coefficient (Wildman–Crippen LogP) is 3.13. The lowest BCUT2D eigenvalue weighted by Crippen LogP contribution is -2.27. The van der Waals surface area contributed by atoms with Crippen LogP contribution in [0, 0.1) is 6.92 Å². The lowest BCUT2D eigenvalue weighted by molar-refractivity contribution is 0.623. The van der Waals surface area contributed by atoms with Gasteiger partial charge < -0.3 is 10.6 Å². The summed E-state index contributed by atoms with van der Waals surface area (Å²) in [4.78, 5) is 4.40. The first-order valence-corrected chi connectivity index (χ1v) is 6.25. The molecule has 19 heavy (non-hydrogen) atoms. The normalized spacial score (nSPS) is 11.2. The highest BCUT2D eigenvalue weighted by molar-refractivity contribution is 5.60. The largest absolute Gasteiger partial charge is 0.348 e. The van der Waals surface area contributed by atoms with E-state index in [1.165, 1.54) is 0 Å². The lowest BCUT2D eigenvalue weighted by Gasteiger charge is -2.20. The second-order valence-corrected chi connectivity index (χ2v) is 5.48. The van der Waals surface area contributed by atoms with Crippen LogP contribution in [0.1, 0.15) is 26.3 Å². The molecular formula is C14H19N5. The fourth-order valence-electron chi connectivity index (χ4n) is 1.60. The second kappa shape index (κ2) is 5.22. The van der Waals surface area contributed by atoms with E-state index in [0.29, 0.717) is 11.8 Å². The van der Waals surface area contributed by atoms with Crippen molar-refractivity contribution in [3.63, 3.8) is 0 Å². The molecule has 5 heteroatoms. The molecular weight excluding hydrogens is 238 g/mol. The number of para-hydroxylation sites is 1. The van der Waals surface area contributed by atoms with E-state index in [0.717, 1.165) is 11.3 Å². The van der Waals surface area contributed by atoms with E-state index in [1.54, 1.807) is 6.20 Å². The summed E-state index contributed by atoms with van der Waals surface area (Å²) >= 11 is 0. The van der Waals surface area contributed by atoms with Crippen molar-refractivity contribution < 1.29 is 0 Å². The molecule has 2 N–H and O–H groups in total. The van der Waals surface area contributed by atoms with Crippen LogP contribution in [0.2, 0.25) is 0 Å². The standard InChI is InChI=1S/C14H19N5/c1-10-7-5-6-8-11(10)16-12-9-15-19-13(17-12)18-14(2,3)4/h5-9H,1-4H3,(H2,16,17,18,19). The summed E-state index contributed by atoms with van der Waals surface area (Å²) in [5, 5.41) is 14.4. The van der Waals surface area contributed by atoms with Gasteiger partial charge in [-0.3, -0.25) is 0 Å². The molecule has 1 heterocycles. The lowest BCUT2D eigenvalue weighted by atomic mass is 10.1. The van der Waals surface area contributed by atoms with Crippen LogP contribution in [0.4, 0.5) is 17.5 Å². The van der Waals surface area contributed by atoms with E-state index >= 15 is 0 Å². The van der Waals surface area contributed by atoms with E-state index in [9.17, 15) is 0 Å². The van der Waals surface area contributed by atoms with Crippen molar-refractivity contribution >= 4 is 17.5 Å². The Hall–Kier alpha value is -2.17. The number of hydrogen-bond acceptors (Lipinski definition) is 5. The maximum absolute atomic E-state index is 4.40. The number of nitrogens with zero attached hydrogens (tertiary/aromatic N) is 3. The number of benzene rings is 1. The van der Waals surface area contributed by atoms with Crippen molar-refractivity contribution in [2.45, 2.75) is 33.2 Å².